The number of morpholine rings is 1. The van der Waals surface area contributed by atoms with Crippen molar-refractivity contribution in [3.05, 3.63) is 58.3 Å². The zero-order valence-electron chi connectivity index (χ0n) is 78.3. The Kier molecular flexibility index (Phi) is 73.3. The first-order valence-corrected chi connectivity index (χ1v) is 43.3. The minimum Gasteiger partial charge on any atom is -0.383 e. The number of likely N-dealkylation sites (N-methyl/N-ethyl adjacent to an activating group) is 13. The predicted molar refractivity (Wildman–Crippen MR) is 498 cm³/mol. The van der Waals surface area contributed by atoms with E-state index in [9.17, 15) is 0 Å². The highest BCUT2D eigenvalue weighted by Gasteiger charge is 2.18. The van der Waals surface area contributed by atoms with Crippen molar-refractivity contribution >= 4 is 41.1 Å². The first-order valence-electron chi connectivity index (χ1n) is 42.4. The van der Waals surface area contributed by atoms with Gasteiger partial charge < -0.3 is 115 Å². The van der Waals surface area contributed by atoms with E-state index in [1.807, 2.05) is 117 Å². The molecule has 31 nitrogen and oxygen atoms in total. The number of aryl methyl sites for hydroxylation is 2. The molecule has 116 heavy (non-hydrogen) atoms. The summed E-state index contributed by atoms with van der Waals surface area (Å²) < 4.78 is 10.2. The molecule has 6 N–H and O–H groups in total. The van der Waals surface area contributed by atoms with Gasteiger partial charge in [-0.25, -0.2) is 0 Å². The lowest BCUT2D eigenvalue weighted by Gasteiger charge is -2.27. The molecule has 0 atom stereocenters. The summed E-state index contributed by atoms with van der Waals surface area (Å²) in [6.07, 6.45) is 14.9. The van der Waals surface area contributed by atoms with Crippen molar-refractivity contribution in [1.82, 2.24) is 110 Å². The maximum Gasteiger partial charge on any atom is 0.211 e. The Morgan fingerprint density at radius 2 is 0.914 bits per heavy atom. The van der Waals surface area contributed by atoms with Crippen LogP contribution < -0.4 is 31.9 Å². The van der Waals surface area contributed by atoms with Gasteiger partial charge in [0.1, 0.15) is 0 Å². The lowest BCUT2D eigenvalue weighted by molar-refractivity contribution is 0.0354. The highest BCUT2D eigenvalue weighted by Crippen LogP contribution is 2.10. The second kappa shape index (κ2) is 76.1. The quantitative estimate of drug-likeness (QED) is 0.0322. The number of aliphatic imine (C=N–C) groups is 5. The summed E-state index contributed by atoms with van der Waals surface area (Å²) in [5.74, 6) is 4.41. The predicted octanol–water partition coefficient (Wildman–Crippen LogP) is 3.78. The topological polar surface area (TPSA) is 252 Å². The van der Waals surface area contributed by atoms with E-state index >= 15 is 0 Å². The first kappa shape index (κ1) is 112. The Labute approximate surface area is 713 Å². The van der Waals surface area contributed by atoms with E-state index in [-0.39, 0.29) is 0 Å². The molecule has 4 fully saturated rings. The van der Waals surface area contributed by atoms with Gasteiger partial charge in [-0.2, -0.15) is 10.5 Å². The Hall–Kier alpha value is -6.31. The van der Waals surface area contributed by atoms with Crippen molar-refractivity contribution in [2.75, 3.05) is 385 Å². The maximum absolute atomic E-state index is 8.51. The lowest BCUT2D eigenvalue weighted by atomic mass is 10.1. The summed E-state index contributed by atoms with van der Waals surface area (Å²) in [5, 5.41) is 37.8. The van der Waals surface area contributed by atoms with Gasteiger partial charge in [-0.05, 0) is 195 Å². The minimum absolute atomic E-state index is 0.620. The van der Waals surface area contributed by atoms with Crippen LogP contribution in [0.1, 0.15) is 61.8 Å². The number of piperidine rings is 2. The van der Waals surface area contributed by atoms with Gasteiger partial charge in [0.25, 0.3) is 0 Å². The summed E-state index contributed by atoms with van der Waals surface area (Å²) in [6, 6.07) is 14.4. The summed E-state index contributed by atoms with van der Waals surface area (Å²) in [7, 11) is 46.1. The van der Waals surface area contributed by atoms with Crippen LogP contribution in [0.5, 0.6) is 0 Å². The van der Waals surface area contributed by atoms with E-state index in [2.05, 4.69) is 237 Å². The summed E-state index contributed by atoms with van der Waals surface area (Å²) in [5.41, 5.74) is 1.32. The van der Waals surface area contributed by atoms with E-state index in [1.165, 1.54) is 147 Å². The molecule has 7 aliphatic heterocycles. The third kappa shape index (κ3) is 66.6. The molecule has 0 saturated carbocycles. The van der Waals surface area contributed by atoms with Gasteiger partial charge >= 0.3 is 0 Å². The summed E-state index contributed by atoms with van der Waals surface area (Å²) in [4.78, 5) is 56.9. The molecular weight excluding hydrogens is 1480 g/mol. The van der Waals surface area contributed by atoms with Crippen LogP contribution in [-0.4, -0.2) is 493 Å². The highest BCUT2D eigenvalue weighted by atomic mass is 32.1. The zero-order chi connectivity index (χ0) is 86.9. The fourth-order valence-corrected chi connectivity index (χ4v) is 12.1. The summed E-state index contributed by atoms with van der Waals surface area (Å²) >= 11 is 1.78. The number of hydrogen-bond acceptors (Lipinski definition) is 28. The number of methoxy groups -OCH3 is 1. The number of nitriles is 2. The maximum atomic E-state index is 8.51. The third-order valence-electron chi connectivity index (χ3n) is 18.7. The van der Waals surface area contributed by atoms with Crippen molar-refractivity contribution < 1.29 is 9.47 Å². The monoisotopic (exact) mass is 1650 g/mol. The average molecular weight is 1650 g/mol. The Bertz CT molecular complexity index is 2700. The second-order valence-corrected chi connectivity index (χ2v) is 32.5. The van der Waals surface area contributed by atoms with Gasteiger partial charge in [-0.3, -0.25) is 19.9 Å². The third-order valence-corrected chi connectivity index (χ3v) is 19.5. The molecule has 0 bridgehead atoms. The average Bonchev–Trinajstić information content (AvgIpc) is 1.79. The van der Waals surface area contributed by atoms with Gasteiger partial charge in [-0.15, -0.1) is 21.3 Å². The Balaban J connectivity index is 0. The molecule has 0 radical (unpaired) electrons. The van der Waals surface area contributed by atoms with E-state index in [0.29, 0.717) is 18.5 Å². The van der Waals surface area contributed by atoms with E-state index in [1.54, 1.807) is 29.5 Å². The molecule has 2 aromatic rings. The number of guanidine groups is 5. The summed E-state index contributed by atoms with van der Waals surface area (Å²) in [6.45, 7) is 40.7. The second-order valence-electron chi connectivity index (χ2n) is 31.3. The number of hydrogen-bond donors (Lipinski definition) is 6. The van der Waals surface area contributed by atoms with E-state index < -0.39 is 0 Å². The number of nitrogens with one attached hydrogen (secondary N) is 6. The van der Waals surface area contributed by atoms with Crippen molar-refractivity contribution in [1.29, 1.82) is 10.5 Å². The molecule has 0 amide bonds. The van der Waals surface area contributed by atoms with Gasteiger partial charge in [0.15, 0.2) is 17.9 Å². The molecule has 0 unspecified atom stereocenters. The standard InChI is InChI=1S/C9H19N5.2C9H20N2.C8H16N4O.C8H18N4.C8H18N2O.C8H18N2.C7H16N4.C7H8.C6H14N4.C5H6S/c1-12(2)6-7-14(5)9(11-8-10)13(3)4;2*1-10(2)8-9-11-6-4-3-5-7-11;1-11(2)8(10-7-9)12(3)5-6-13-4;1-9-4-6-11(2)8-10-5-7-12(8)3;1-9(2)3-4-10-5-7-11-8-6-10;1-9(2)7-8-10-5-3-4-6-10;1-8-5-6-11(2)7-9-3-4-10-7;1-7-5-3-2-4-6-7;1-7-2-3-8-6-9-4-5-10-6;1-5-3-2-4-6-5/h6-7H2,1-5H3;2*3-9H2,1-2H3;5-6H2,1-4H3;9H,4-7H2,1-3H3;3-8H2,1-2H3;3-8H2,1-2H3;8H,3-6H2,1-2H3,(H,9,10);2-6H,1H3;7H,2-5H2,1H3,(H2,8,9,10);2-4H,1H3. The Morgan fingerprint density at radius 3 is 1.25 bits per heavy atom. The molecule has 1 aromatic heterocycles. The molecule has 8 heterocycles. The van der Waals surface area contributed by atoms with Crippen LogP contribution in [-0.2, 0) is 9.47 Å². The SMILES string of the molecule is CN(C)CCN(C)C(=NC#N)N(C)C.CN(C)CCN1CCCC1.CN(C)CCN1CCCCC1.CN(C)CCN1CCCCC1.CN(C)CCN1CCOCC1.CNCCN(C)C1=NCCN1.CNCCN(C)C1=NCCN1C.CNCCNC1=NCCN1.COCCN(C)C(=NC#N)N(C)C.Cc1ccccc1.Cc1cccs1. The zero-order valence-corrected chi connectivity index (χ0v) is 79.1. The minimum atomic E-state index is 0.620. The molecule has 0 spiro atoms. The number of likely N-dealkylation sites (tertiary alicyclic amines) is 3. The van der Waals surface area contributed by atoms with Crippen molar-refractivity contribution in [2.45, 2.75) is 65.2 Å². The molecule has 32 heteroatoms. The molecule has 9 rings (SSSR count). The number of nitrogens with zero attached hydrogens (tertiary/aromatic N) is 23. The molecule has 4 saturated heterocycles. The molecule has 0 aliphatic carbocycles. The van der Waals surface area contributed by atoms with Crippen molar-refractivity contribution in [3.8, 4) is 12.4 Å². The van der Waals surface area contributed by atoms with Crippen LogP contribution in [0.2, 0.25) is 0 Å². The van der Waals surface area contributed by atoms with Gasteiger partial charge in [-0.1, -0.05) is 54.8 Å². The Morgan fingerprint density at radius 1 is 0.483 bits per heavy atom. The number of rotatable bonds is 27. The van der Waals surface area contributed by atoms with Crippen LogP contribution in [0.3, 0.4) is 0 Å². The number of benzene rings is 1. The van der Waals surface area contributed by atoms with Crippen LogP contribution in [0, 0.1) is 36.8 Å². The largest absolute Gasteiger partial charge is 0.383 e. The fraction of sp³-hybridized carbons (Fsp3) is 0.798. The van der Waals surface area contributed by atoms with Crippen LogP contribution >= 0.6 is 11.3 Å². The first-order chi connectivity index (χ1) is 55.6. The van der Waals surface area contributed by atoms with Crippen molar-refractivity contribution in [3.63, 3.8) is 0 Å². The highest BCUT2D eigenvalue weighted by molar-refractivity contribution is 7.09. The van der Waals surface area contributed by atoms with Gasteiger partial charge in [0.05, 0.1) is 39.5 Å². The molecule has 672 valence electrons. The van der Waals surface area contributed by atoms with Crippen molar-refractivity contribution in [2.24, 2.45) is 25.0 Å². The van der Waals surface area contributed by atoms with Gasteiger partial charge in [0, 0.05) is 219 Å². The molecule has 7 aliphatic rings. The van der Waals surface area contributed by atoms with Crippen LogP contribution in [0.4, 0.5) is 0 Å². The van der Waals surface area contributed by atoms with Crippen LogP contribution in [0.25, 0.3) is 0 Å². The molecule has 1 aromatic carbocycles. The fourth-order valence-electron chi connectivity index (χ4n) is 11.5. The van der Waals surface area contributed by atoms with Gasteiger partial charge in [0.2, 0.25) is 24.3 Å². The molecular formula is C84H173N29O2S. The number of ether oxygens (including phenoxy) is 2. The van der Waals surface area contributed by atoms with Crippen LogP contribution in [0.15, 0.2) is 72.8 Å². The smallest absolute Gasteiger partial charge is 0.211 e. The van der Waals surface area contributed by atoms with E-state index in [0.717, 1.165) is 149 Å². The normalized spacial score (nSPS) is 16.0. The lowest BCUT2D eigenvalue weighted by Crippen LogP contribution is -2.41. The van der Waals surface area contributed by atoms with E-state index in [4.69, 9.17) is 20.0 Å². The number of thiophene rings is 1.